The van der Waals surface area contributed by atoms with Crippen molar-refractivity contribution < 1.29 is 9.53 Å². The van der Waals surface area contributed by atoms with Gasteiger partial charge in [0.1, 0.15) is 12.4 Å². The molecule has 2 nitrogen and oxygen atoms in total. The first-order valence-corrected chi connectivity index (χ1v) is 6.06. The van der Waals surface area contributed by atoms with Crippen LogP contribution in [0.15, 0.2) is 12.1 Å². The molecule has 88 valence electrons. The second-order valence-corrected chi connectivity index (χ2v) is 4.10. The van der Waals surface area contributed by atoms with Crippen molar-refractivity contribution >= 4 is 29.0 Å². The van der Waals surface area contributed by atoms with Gasteiger partial charge in [0.05, 0.1) is 11.8 Å². The van der Waals surface area contributed by atoms with E-state index in [1.165, 1.54) is 0 Å². The fourth-order valence-corrected chi connectivity index (χ4v) is 1.70. The van der Waals surface area contributed by atoms with Gasteiger partial charge in [-0.25, -0.2) is 0 Å². The van der Waals surface area contributed by atoms with Crippen molar-refractivity contribution in [1.29, 1.82) is 0 Å². The number of hydrogen-bond donors (Lipinski definition) is 0. The molecule has 0 bridgehead atoms. The minimum absolute atomic E-state index is 0.00215. The molecule has 0 atom stereocenters. The zero-order chi connectivity index (χ0) is 12.1. The van der Waals surface area contributed by atoms with Crippen LogP contribution in [-0.4, -0.2) is 24.2 Å². The average Bonchev–Trinajstić information content (AvgIpc) is 2.30. The largest absolute Gasteiger partial charge is 0.492 e. The predicted octanol–water partition coefficient (Wildman–Crippen LogP) is 3.34. The topological polar surface area (TPSA) is 26.3 Å². The van der Waals surface area contributed by atoms with Crippen molar-refractivity contribution in [3.05, 3.63) is 28.8 Å². The van der Waals surface area contributed by atoms with E-state index in [0.717, 1.165) is 16.9 Å². The summed E-state index contributed by atoms with van der Waals surface area (Å²) in [4.78, 5) is 11.5. The van der Waals surface area contributed by atoms with Crippen molar-refractivity contribution in [3.63, 3.8) is 0 Å². The Morgan fingerprint density at radius 3 is 2.50 bits per heavy atom. The monoisotopic (exact) mass is 260 g/mol. The number of carbonyl (C=O) groups is 1. The average molecular weight is 261 g/mol. The van der Waals surface area contributed by atoms with E-state index in [2.05, 4.69) is 0 Å². The molecule has 0 saturated heterocycles. The lowest BCUT2D eigenvalue weighted by Crippen LogP contribution is -2.06. The summed E-state index contributed by atoms with van der Waals surface area (Å²) in [5.74, 6) is 1.15. The number of ether oxygens (including phenoxy) is 1. The summed E-state index contributed by atoms with van der Waals surface area (Å²) in [6.45, 7) is 4.28. The maximum Gasteiger partial charge on any atom is 0.177 e. The molecule has 4 heteroatoms. The Morgan fingerprint density at radius 2 is 1.94 bits per heavy atom. The highest BCUT2D eigenvalue weighted by Crippen LogP contribution is 2.24. The molecule has 0 aliphatic rings. The number of ketones is 1. The Labute approximate surface area is 106 Å². The molecule has 0 N–H and O–H groups in total. The third-order valence-corrected chi connectivity index (χ3v) is 2.89. The van der Waals surface area contributed by atoms with E-state index in [-0.39, 0.29) is 11.7 Å². The van der Waals surface area contributed by atoms with Gasteiger partial charge < -0.3 is 4.74 Å². The Morgan fingerprint density at radius 1 is 1.25 bits per heavy atom. The Kier molecular flexibility index (Phi) is 5.10. The third-order valence-electron chi connectivity index (χ3n) is 2.49. The lowest BCUT2D eigenvalue weighted by Gasteiger charge is -2.12. The van der Waals surface area contributed by atoms with Crippen molar-refractivity contribution in [2.45, 2.75) is 13.8 Å². The molecule has 0 saturated carbocycles. The minimum atomic E-state index is -0.0637. The normalized spacial score (nSPS) is 10.2. The van der Waals surface area contributed by atoms with Gasteiger partial charge in [-0.3, -0.25) is 4.79 Å². The molecule has 0 spiro atoms. The van der Waals surface area contributed by atoms with Gasteiger partial charge in [0.2, 0.25) is 0 Å². The summed E-state index contributed by atoms with van der Waals surface area (Å²) in [5.41, 5.74) is 2.53. The molecule has 0 aromatic heterocycles. The number of carbonyl (C=O) groups excluding carboxylic acids is 1. The van der Waals surface area contributed by atoms with Crippen LogP contribution < -0.4 is 4.74 Å². The molecule has 0 heterocycles. The highest BCUT2D eigenvalue weighted by molar-refractivity contribution is 6.30. The summed E-state index contributed by atoms with van der Waals surface area (Å²) >= 11 is 11.1. The predicted molar refractivity (Wildman–Crippen MR) is 67.2 cm³/mol. The van der Waals surface area contributed by atoms with Gasteiger partial charge in [-0.1, -0.05) is 0 Å². The summed E-state index contributed by atoms with van der Waals surface area (Å²) in [6, 6.07) is 3.53. The molecule has 1 rings (SSSR count). The minimum Gasteiger partial charge on any atom is -0.492 e. The second kappa shape index (κ2) is 6.12. The van der Waals surface area contributed by atoms with E-state index in [9.17, 15) is 4.79 Å². The fourth-order valence-electron chi connectivity index (χ4n) is 1.47. The van der Waals surface area contributed by atoms with E-state index in [0.29, 0.717) is 18.1 Å². The number of rotatable bonds is 5. The van der Waals surface area contributed by atoms with Gasteiger partial charge in [-0.2, -0.15) is 0 Å². The van der Waals surface area contributed by atoms with Crippen LogP contribution >= 0.6 is 23.2 Å². The van der Waals surface area contributed by atoms with Crippen LogP contribution in [0.25, 0.3) is 0 Å². The van der Waals surface area contributed by atoms with Gasteiger partial charge in [0, 0.05) is 5.56 Å². The molecule has 1 aromatic rings. The van der Waals surface area contributed by atoms with E-state index < -0.39 is 0 Å². The molecule has 16 heavy (non-hydrogen) atoms. The van der Waals surface area contributed by atoms with Crippen LogP contribution in [0, 0.1) is 13.8 Å². The number of Topliss-reactive ketones (excluding diaryl/α,β-unsaturated/α-hetero) is 1. The van der Waals surface area contributed by atoms with Gasteiger partial charge in [-0.15, -0.1) is 23.2 Å². The molecular formula is C12H14Cl2O2. The van der Waals surface area contributed by atoms with Crippen LogP contribution in [0.4, 0.5) is 0 Å². The molecule has 0 aliphatic heterocycles. The lowest BCUT2D eigenvalue weighted by atomic mass is 10.00. The van der Waals surface area contributed by atoms with Gasteiger partial charge in [0.15, 0.2) is 5.78 Å². The molecular weight excluding hydrogens is 247 g/mol. The molecule has 0 unspecified atom stereocenters. The maximum absolute atomic E-state index is 11.5. The van der Waals surface area contributed by atoms with Crippen molar-refractivity contribution in [2.75, 3.05) is 18.4 Å². The standard InChI is InChI=1S/C12H14Cl2O2/c1-8-9(2)12(16-6-5-13)4-3-10(8)11(15)7-14/h3-4H,5-7H2,1-2H3. The van der Waals surface area contributed by atoms with Gasteiger partial charge >= 0.3 is 0 Å². The zero-order valence-electron chi connectivity index (χ0n) is 9.35. The first-order chi connectivity index (χ1) is 7.61. The van der Waals surface area contributed by atoms with Crippen molar-refractivity contribution in [1.82, 2.24) is 0 Å². The Bertz CT molecular complexity index is 389. The maximum atomic E-state index is 11.5. The third kappa shape index (κ3) is 2.89. The SMILES string of the molecule is Cc1c(OCCCl)ccc(C(=O)CCl)c1C. The van der Waals surface area contributed by atoms with E-state index in [4.69, 9.17) is 27.9 Å². The lowest BCUT2D eigenvalue weighted by molar-refractivity contribution is 0.102. The quantitative estimate of drug-likeness (QED) is 0.600. The van der Waals surface area contributed by atoms with Gasteiger partial charge in [0.25, 0.3) is 0 Å². The molecule has 0 amide bonds. The molecule has 0 radical (unpaired) electrons. The number of hydrogen-bond acceptors (Lipinski definition) is 2. The fraction of sp³-hybridized carbons (Fsp3) is 0.417. The van der Waals surface area contributed by atoms with E-state index >= 15 is 0 Å². The Hall–Kier alpha value is -0.730. The van der Waals surface area contributed by atoms with Crippen molar-refractivity contribution in [2.24, 2.45) is 0 Å². The van der Waals surface area contributed by atoms with E-state index in [1.807, 2.05) is 13.8 Å². The van der Waals surface area contributed by atoms with E-state index in [1.54, 1.807) is 12.1 Å². The first kappa shape index (κ1) is 13.3. The van der Waals surface area contributed by atoms with Gasteiger partial charge in [-0.05, 0) is 37.1 Å². The molecule has 1 aromatic carbocycles. The number of alkyl halides is 2. The number of benzene rings is 1. The summed E-state index contributed by atoms with van der Waals surface area (Å²) in [5, 5.41) is 0. The second-order valence-electron chi connectivity index (χ2n) is 3.46. The Balaban J connectivity index is 3.03. The summed E-state index contributed by atoms with van der Waals surface area (Å²) < 4.78 is 5.46. The molecule has 0 aliphatic carbocycles. The van der Waals surface area contributed by atoms with Crippen LogP contribution in [0.5, 0.6) is 5.75 Å². The zero-order valence-corrected chi connectivity index (χ0v) is 10.9. The molecule has 0 fully saturated rings. The first-order valence-electron chi connectivity index (χ1n) is 5.00. The summed E-state index contributed by atoms with van der Waals surface area (Å²) in [6.07, 6.45) is 0. The van der Waals surface area contributed by atoms with Crippen LogP contribution in [0.3, 0.4) is 0 Å². The van der Waals surface area contributed by atoms with Crippen LogP contribution in [0.1, 0.15) is 21.5 Å². The smallest absolute Gasteiger partial charge is 0.177 e. The number of halogens is 2. The summed E-state index contributed by atoms with van der Waals surface area (Å²) in [7, 11) is 0. The highest BCUT2D eigenvalue weighted by Gasteiger charge is 2.12. The van der Waals surface area contributed by atoms with Crippen LogP contribution in [0.2, 0.25) is 0 Å². The van der Waals surface area contributed by atoms with Crippen LogP contribution in [-0.2, 0) is 0 Å². The highest BCUT2D eigenvalue weighted by atomic mass is 35.5. The van der Waals surface area contributed by atoms with Crippen molar-refractivity contribution in [3.8, 4) is 5.75 Å².